The molecule has 5 heteroatoms. The molecule has 0 bridgehead atoms. The van der Waals surface area contributed by atoms with Gasteiger partial charge in [-0.3, -0.25) is 0 Å². The van der Waals surface area contributed by atoms with Gasteiger partial charge in [-0.25, -0.2) is 8.42 Å². The quantitative estimate of drug-likeness (QED) is 0.360. The minimum absolute atomic E-state index is 0.216. The highest BCUT2D eigenvalue weighted by molar-refractivity contribution is 8.14. The summed E-state index contributed by atoms with van der Waals surface area (Å²) >= 11 is 0. The fraction of sp³-hybridized carbons (Fsp3) is 0.667. The number of halogens is 1. The topological polar surface area (TPSA) is 37.4 Å². The Labute approximate surface area is 218 Å². The van der Waals surface area contributed by atoms with E-state index in [4.69, 9.17) is 10.7 Å². The van der Waals surface area contributed by atoms with Gasteiger partial charge in [-0.15, -0.1) is 0 Å². The summed E-state index contributed by atoms with van der Waals surface area (Å²) < 4.78 is 24.9. The minimum Gasteiger partial charge on any atom is -0.364 e. The Morgan fingerprint density at radius 3 is 1.74 bits per heavy atom. The molecular formula is C30H44ClNO2S. The van der Waals surface area contributed by atoms with E-state index in [2.05, 4.69) is 58.6 Å². The number of benzene rings is 2. The Bertz CT molecular complexity index is 1100. The van der Waals surface area contributed by atoms with Crippen LogP contribution in [0.15, 0.2) is 41.3 Å². The number of rotatable bonds is 6. The summed E-state index contributed by atoms with van der Waals surface area (Å²) in [4.78, 5) is 3.02. The van der Waals surface area contributed by atoms with E-state index in [0.717, 1.165) is 10.8 Å². The minimum atomic E-state index is -3.83. The molecule has 2 aromatic rings. The number of fused-ring (bicyclic) bond motifs is 1. The van der Waals surface area contributed by atoms with Crippen molar-refractivity contribution in [1.29, 1.82) is 0 Å². The van der Waals surface area contributed by atoms with Gasteiger partial charge in [-0.2, -0.15) is 0 Å². The molecule has 0 spiro atoms. The Balaban J connectivity index is 1.96. The zero-order valence-corrected chi connectivity index (χ0v) is 23.9. The van der Waals surface area contributed by atoms with E-state index < -0.39 is 9.05 Å². The summed E-state index contributed by atoms with van der Waals surface area (Å²) in [5.41, 5.74) is 1.19. The molecule has 6 atom stereocenters. The molecule has 3 nitrogen and oxygen atoms in total. The van der Waals surface area contributed by atoms with Crippen molar-refractivity contribution in [3.05, 3.63) is 36.4 Å². The van der Waals surface area contributed by atoms with Crippen molar-refractivity contribution in [2.24, 2.45) is 35.5 Å². The highest BCUT2D eigenvalue weighted by atomic mass is 35.7. The Morgan fingerprint density at radius 2 is 1.26 bits per heavy atom. The number of nitrogens with zero attached hydrogens (tertiary/aromatic N) is 1. The van der Waals surface area contributed by atoms with E-state index >= 15 is 0 Å². The van der Waals surface area contributed by atoms with Crippen molar-refractivity contribution in [2.75, 3.05) is 4.90 Å². The lowest BCUT2D eigenvalue weighted by Crippen LogP contribution is -2.55. The van der Waals surface area contributed by atoms with Crippen LogP contribution in [0.2, 0.25) is 0 Å². The molecule has 194 valence electrons. The van der Waals surface area contributed by atoms with Gasteiger partial charge in [0.2, 0.25) is 0 Å². The average molecular weight is 518 g/mol. The van der Waals surface area contributed by atoms with Crippen molar-refractivity contribution >= 4 is 36.2 Å². The third-order valence-corrected chi connectivity index (χ3v) is 10.5. The van der Waals surface area contributed by atoms with Gasteiger partial charge in [0.1, 0.15) is 0 Å². The lowest BCUT2D eigenvalue weighted by Gasteiger charge is -2.53. The fourth-order valence-electron chi connectivity index (χ4n) is 7.25. The molecule has 0 radical (unpaired) electrons. The van der Waals surface area contributed by atoms with Gasteiger partial charge in [0.15, 0.2) is 0 Å². The molecule has 2 fully saturated rings. The molecule has 0 N–H and O–H groups in total. The largest absolute Gasteiger partial charge is 0.364 e. The molecule has 0 saturated heterocycles. The van der Waals surface area contributed by atoms with E-state index in [1.54, 1.807) is 6.07 Å². The molecule has 2 saturated carbocycles. The molecule has 2 aliphatic carbocycles. The van der Waals surface area contributed by atoms with Crippen molar-refractivity contribution in [3.8, 4) is 0 Å². The standard InChI is InChI=1S/C30H44ClNO2S/c1-19(2)23-15-13-21(5)17-28(23)32(29-18-22(6)14-16-24(29)20(3)4)27-11-7-10-26-25(27)9-8-12-30(26)35(31,33)34/h7-12,19-24,28-29H,13-18H2,1-6H3. The van der Waals surface area contributed by atoms with Crippen LogP contribution in [0.1, 0.15) is 80.1 Å². The lowest BCUT2D eigenvalue weighted by molar-refractivity contribution is 0.136. The van der Waals surface area contributed by atoms with Crippen LogP contribution in [0.4, 0.5) is 5.69 Å². The third kappa shape index (κ3) is 5.54. The SMILES string of the molecule is CC1CCC(C(C)C)C(N(c2cccc3c(S(=O)(=O)Cl)cccc23)C2CC(C)CCC2C(C)C)C1. The summed E-state index contributed by atoms with van der Waals surface area (Å²) in [6.07, 6.45) is 7.52. The lowest BCUT2D eigenvalue weighted by atomic mass is 9.69. The van der Waals surface area contributed by atoms with Gasteiger partial charge in [-0.1, -0.05) is 78.6 Å². The normalized spacial score (nSPS) is 30.2. The highest BCUT2D eigenvalue weighted by Crippen LogP contribution is 2.46. The maximum absolute atomic E-state index is 12.5. The number of hydrogen-bond donors (Lipinski definition) is 0. The summed E-state index contributed by atoms with van der Waals surface area (Å²) in [7, 11) is 2.06. The number of anilines is 1. The van der Waals surface area contributed by atoms with Crippen LogP contribution in [0, 0.1) is 35.5 Å². The molecule has 6 unspecified atom stereocenters. The van der Waals surface area contributed by atoms with Crippen LogP contribution in [0.3, 0.4) is 0 Å². The zero-order chi connectivity index (χ0) is 25.5. The van der Waals surface area contributed by atoms with Crippen LogP contribution in [-0.2, 0) is 9.05 Å². The van der Waals surface area contributed by atoms with Crippen molar-refractivity contribution in [2.45, 2.75) is 97.0 Å². The zero-order valence-electron chi connectivity index (χ0n) is 22.4. The maximum Gasteiger partial charge on any atom is 0.261 e. The second kappa shape index (κ2) is 10.6. The molecular weight excluding hydrogens is 474 g/mol. The van der Waals surface area contributed by atoms with E-state index in [1.807, 2.05) is 18.2 Å². The van der Waals surface area contributed by atoms with Crippen LogP contribution < -0.4 is 4.90 Å². The van der Waals surface area contributed by atoms with Gasteiger partial charge < -0.3 is 4.90 Å². The molecule has 0 heterocycles. The van der Waals surface area contributed by atoms with E-state index in [-0.39, 0.29) is 4.90 Å². The van der Waals surface area contributed by atoms with Gasteiger partial charge in [0.25, 0.3) is 9.05 Å². The Hall–Kier alpha value is -1.26. The molecule has 0 aromatic heterocycles. The first-order chi connectivity index (χ1) is 16.5. The van der Waals surface area contributed by atoms with Gasteiger partial charge in [0, 0.05) is 39.2 Å². The summed E-state index contributed by atoms with van der Waals surface area (Å²) in [5.74, 6) is 3.89. The smallest absolute Gasteiger partial charge is 0.261 e. The molecule has 0 aliphatic heterocycles. The van der Waals surface area contributed by atoms with Gasteiger partial charge in [0.05, 0.1) is 4.90 Å². The van der Waals surface area contributed by atoms with E-state index in [1.165, 1.54) is 44.2 Å². The van der Waals surface area contributed by atoms with Crippen LogP contribution in [-0.4, -0.2) is 20.5 Å². The fourth-order valence-corrected chi connectivity index (χ4v) is 8.33. The maximum atomic E-state index is 12.5. The van der Waals surface area contributed by atoms with Gasteiger partial charge >= 0.3 is 0 Å². The Morgan fingerprint density at radius 1 is 0.771 bits per heavy atom. The summed E-state index contributed by atoms with van der Waals surface area (Å²) in [6, 6.07) is 12.7. The molecule has 2 aromatic carbocycles. The van der Waals surface area contributed by atoms with E-state index in [9.17, 15) is 8.42 Å². The second-order valence-corrected chi connectivity index (χ2v) is 14.8. The summed E-state index contributed by atoms with van der Waals surface area (Å²) in [6.45, 7) is 14.4. The predicted octanol–water partition coefficient (Wildman–Crippen LogP) is 8.50. The molecule has 2 aliphatic rings. The van der Waals surface area contributed by atoms with Crippen molar-refractivity contribution in [1.82, 2.24) is 0 Å². The third-order valence-electron chi connectivity index (χ3n) is 9.09. The average Bonchev–Trinajstić information content (AvgIpc) is 2.78. The molecule has 4 rings (SSSR count). The predicted molar refractivity (Wildman–Crippen MR) is 150 cm³/mol. The van der Waals surface area contributed by atoms with Crippen LogP contribution in [0.5, 0.6) is 0 Å². The van der Waals surface area contributed by atoms with Crippen molar-refractivity contribution < 1.29 is 8.42 Å². The molecule has 35 heavy (non-hydrogen) atoms. The second-order valence-electron chi connectivity index (χ2n) is 12.3. The van der Waals surface area contributed by atoms with Crippen LogP contribution in [0.25, 0.3) is 10.8 Å². The van der Waals surface area contributed by atoms with Crippen LogP contribution >= 0.6 is 10.7 Å². The van der Waals surface area contributed by atoms with Crippen molar-refractivity contribution in [3.63, 3.8) is 0 Å². The monoisotopic (exact) mass is 517 g/mol. The first-order valence-corrected chi connectivity index (χ1v) is 16.0. The summed E-state index contributed by atoms with van der Waals surface area (Å²) in [5, 5.41) is 1.75. The number of hydrogen-bond acceptors (Lipinski definition) is 3. The molecule has 0 amide bonds. The van der Waals surface area contributed by atoms with Gasteiger partial charge in [-0.05, 0) is 73.3 Å². The highest BCUT2D eigenvalue weighted by Gasteiger charge is 2.43. The van der Waals surface area contributed by atoms with E-state index in [0.29, 0.717) is 47.6 Å². The first kappa shape index (κ1) is 26.8. The first-order valence-electron chi connectivity index (χ1n) is 13.7. The Kier molecular flexibility index (Phi) is 8.13.